The van der Waals surface area contributed by atoms with Gasteiger partial charge >= 0.3 is 0 Å². The fraction of sp³-hybridized carbons (Fsp3) is 0.167. The zero-order valence-electron chi connectivity index (χ0n) is 8.41. The van der Waals surface area contributed by atoms with Crippen LogP contribution in [-0.2, 0) is 0 Å². The van der Waals surface area contributed by atoms with Crippen molar-refractivity contribution in [2.45, 2.75) is 13.8 Å². The largest absolute Gasteiger partial charge is 0.253 e. The highest BCUT2D eigenvalue weighted by molar-refractivity contribution is 5.79. The monoisotopic (exact) mass is 184 g/mol. The molecular formula is C12H12N2. The quantitative estimate of drug-likeness (QED) is 0.681. The highest BCUT2D eigenvalue weighted by Gasteiger charge is 1.99. The number of aromatic nitrogens is 2. The molecule has 14 heavy (non-hydrogen) atoms. The van der Waals surface area contributed by atoms with Crippen LogP contribution >= 0.6 is 0 Å². The molecule has 0 N–H and O–H groups in total. The fourth-order valence-electron chi connectivity index (χ4n) is 1.37. The van der Waals surface area contributed by atoms with Gasteiger partial charge in [0, 0.05) is 6.20 Å². The van der Waals surface area contributed by atoms with Crippen molar-refractivity contribution in [3.63, 3.8) is 0 Å². The molecule has 0 aliphatic carbocycles. The highest BCUT2D eigenvalue weighted by Crippen LogP contribution is 2.17. The third kappa shape index (κ3) is 1.51. The molecule has 2 nitrogen and oxygen atoms in total. The molecule has 2 aromatic rings. The molecule has 0 saturated carbocycles. The summed E-state index contributed by atoms with van der Waals surface area (Å²) < 4.78 is 0. The van der Waals surface area contributed by atoms with Crippen molar-refractivity contribution >= 4 is 16.6 Å². The van der Waals surface area contributed by atoms with Crippen molar-refractivity contribution in [3.8, 4) is 0 Å². The van der Waals surface area contributed by atoms with Gasteiger partial charge < -0.3 is 0 Å². The van der Waals surface area contributed by atoms with E-state index in [4.69, 9.17) is 0 Å². The zero-order chi connectivity index (χ0) is 10.1. The van der Waals surface area contributed by atoms with Gasteiger partial charge in [-0.2, -0.15) is 0 Å². The number of rotatable bonds is 1. The number of hydrogen-bond donors (Lipinski definition) is 0. The predicted octanol–water partition coefficient (Wildman–Crippen LogP) is 2.97. The molecule has 1 heterocycles. The van der Waals surface area contributed by atoms with Gasteiger partial charge in [-0.15, -0.1) is 0 Å². The average molecular weight is 184 g/mol. The SMILES string of the molecule is C=C(C)c1ccc2nc(C)cnc2c1. The molecule has 0 amide bonds. The minimum absolute atomic E-state index is 0.927. The van der Waals surface area contributed by atoms with Crippen molar-refractivity contribution in [1.82, 2.24) is 9.97 Å². The molecule has 1 aromatic heterocycles. The summed E-state index contributed by atoms with van der Waals surface area (Å²) in [4.78, 5) is 8.70. The van der Waals surface area contributed by atoms with Gasteiger partial charge in [0.2, 0.25) is 0 Å². The Morgan fingerprint density at radius 1 is 1.29 bits per heavy atom. The van der Waals surface area contributed by atoms with Crippen LogP contribution in [0.5, 0.6) is 0 Å². The van der Waals surface area contributed by atoms with Crippen LogP contribution in [-0.4, -0.2) is 9.97 Å². The summed E-state index contributed by atoms with van der Waals surface area (Å²) in [6.07, 6.45) is 1.78. The summed E-state index contributed by atoms with van der Waals surface area (Å²) in [7, 11) is 0. The molecule has 0 aliphatic rings. The molecular weight excluding hydrogens is 172 g/mol. The lowest BCUT2D eigenvalue weighted by molar-refractivity contribution is 1.18. The van der Waals surface area contributed by atoms with Gasteiger partial charge in [-0.25, -0.2) is 4.98 Å². The van der Waals surface area contributed by atoms with E-state index in [9.17, 15) is 0 Å². The number of fused-ring (bicyclic) bond motifs is 1. The fourth-order valence-corrected chi connectivity index (χ4v) is 1.37. The van der Waals surface area contributed by atoms with Gasteiger partial charge in [0.25, 0.3) is 0 Å². The van der Waals surface area contributed by atoms with E-state index in [2.05, 4.69) is 16.5 Å². The van der Waals surface area contributed by atoms with Crippen LogP contribution in [0.15, 0.2) is 31.0 Å². The van der Waals surface area contributed by atoms with E-state index in [-0.39, 0.29) is 0 Å². The molecule has 0 fully saturated rings. The Kier molecular flexibility index (Phi) is 2.04. The van der Waals surface area contributed by atoms with E-state index >= 15 is 0 Å². The van der Waals surface area contributed by atoms with Crippen LogP contribution in [0, 0.1) is 6.92 Å². The lowest BCUT2D eigenvalue weighted by atomic mass is 10.1. The molecule has 0 unspecified atom stereocenters. The highest BCUT2D eigenvalue weighted by atomic mass is 14.8. The predicted molar refractivity (Wildman–Crippen MR) is 59.0 cm³/mol. The standard InChI is InChI=1S/C12H12N2/c1-8(2)10-4-5-11-12(6-10)13-7-9(3)14-11/h4-7H,1H2,2-3H3. The summed E-state index contributed by atoms with van der Waals surface area (Å²) >= 11 is 0. The van der Waals surface area contributed by atoms with E-state index in [0.29, 0.717) is 0 Å². The Balaban J connectivity index is 2.67. The first-order chi connectivity index (χ1) is 6.66. The first kappa shape index (κ1) is 8.88. The van der Waals surface area contributed by atoms with Crippen LogP contribution < -0.4 is 0 Å². The second kappa shape index (κ2) is 3.22. The maximum Gasteiger partial charge on any atom is 0.0893 e. The summed E-state index contributed by atoms with van der Waals surface area (Å²) in [6.45, 7) is 7.83. The summed E-state index contributed by atoms with van der Waals surface area (Å²) in [5.74, 6) is 0. The Morgan fingerprint density at radius 2 is 2.07 bits per heavy atom. The smallest absolute Gasteiger partial charge is 0.0893 e. The Morgan fingerprint density at radius 3 is 2.79 bits per heavy atom. The van der Waals surface area contributed by atoms with E-state index < -0.39 is 0 Å². The van der Waals surface area contributed by atoms with Crippen LogP contribution in [0.1, 0.15) is 18.2 Å². The van der Waals surface area contributed by atoms with Gasteiger partial charge in [0.1, 0.15) is 0 Å². The number of benzene rings is 1. The van der Waals surface area contributed by atoms with E-state index in [1.54, 1.807) is 6.20 Å². The minimum Gasteiger partial charge on any atom is -0.253 e. The van der Waals surface area contributed by atoms with Gasteiger partial charge in [0.15, 0.2) is 0 Å². The molecule has 0 radical (unpaired) electrons. The average Bonchev–Trinajstić information content (AvgIpc) is 2.16. The van der Waals surface area contributed by atoms with Gasteiger partial charge in [-0.3, -0.25) is 4.98 Å². The van der Waals surface area contributed by atoms with Crippen molar-refractivity contribution in [3.05, 3.63) is 42.2 Å². The summed E-state index contributed by atoms with van der Waals surface area (Å²) in [5.41, 5.74) is 4.98. The van der Waals surface area contributed by atoms with E-state index in [1.165, 1.54) is 0 Å². The Hall–Kier alpha value is -1.70. The third-order valence-electron chi connectivity index (χ3n) is 2.16. The van der Waals surface area contributed by atoms with Gasteiger partial charge in [-0.05, 0) is 31.5 Å². The molecule has 0 spiro atoms. The first-order valence-electron chi connectivity index (χ1n) is 4.56. The lowest BCUT2D eigenvalue weighted by Crippen LogP contribution is -1.88. The number of aryl methyl sites for hydroxylation is 1. The number of hydrogen-bond acceptors (Lipinski definition) is 2. The molecule has 0 aliphatic heterocycles. The van der Waals surface area contributed by atoms with Crippen molar-refractivity contribution in [2.24, 2.45) is 0 Å². The van der Waals surface area contributed by atoms with E-state index in [1.807, 2.05) is 32.0 Å². The Bertz CT molecular complexity index is 501. The van der Waals surface area contributed by atoms with Crippen molar-refractivity contribution in [1.29, 1.82) is 0 Å². The maximum absolute atomic E-state index is 4.38. The molecule has 70 valence electrons. The second-order valence-electron chi connectivity index (χ2n) is 3.50. The van der Waals surface area contributed by atoms with Crippen LogP contribution in [0.2, 0.25) is 0 Å². The van der Waals surface area contributed by atoms with E-state index in [0.717, 1.165) is 27.9 Å². The normalized spacial score (nSPS) is 10.4. The Labute approximate surface area is 83.3 Å². The van der Waals surface area contributed by atoms with Crippen LogP contribution in [0.25, 0.3) is 16.6 Å². The molecule has 0 bridgehead atoms. The first-order valence-corrected chi connectivity index (χ1v) is 4.56. The van der Waals surface area contributed by atoms with Crippen molar-refractivity contribution < 1.29 is 0 Å². The maximum atomic E-state index is 4.38. The number of nitrogens with zero attached hydrogens (tertiary/aromatic N) is 2. The number of allylic oxidation sites excluding steroid dienone is 1. The molecule has 0 saturated heterocycles. The lowest BCUT2D eigenvalue weighted by Gasteiger charge is -2.02. The van der Waals surface area contributed by atoms with Crippen LogP contribution in [0.4, 0.5) is 0 Å². The second-order valence-corrected chi connectivity index (χ2v) is 3.50. The molecule has 2 heteroatoms. The minimum atomic E-state index is 0.927. The summed E-state index contributed by atoms with van der Waals surface area (Å²) in [5, 5.41) is 0. The molecule has 0 atom stereocenters. The molecule has 1 aromatic carbocycles. The van der Waals surface area contributed by atoms with Crippen LogP contribution in [0.3, 0.4) is 0 Å². The summed E-state index contributed by atoms with van der Waals surface area (Å²) in [6, 6.07) is 6.03. The van der Waals surface area contributed by atoms with Gasteiger partial charge in [-0.1, -0.05) is 18.2 Å². The van der Waals surface area contributed by atoms with Gasteiger partial charge in [0.05, 0.1) is 16.7 Å². The third-order valence-corrected chi connectivity index (χ3v) is 2.16. The molecule has 2 rings (SSSR count). The zero-order valence-corrected chi connectivity index (χ0v) is 8.41. The topological polar surface area (TPSA) is 25.8 Å². The van der Waals surface area contributed by atoms with Crippen molar-refractivity contribution in [2.75, 3.05) is 0 Å².